The molecule has 0 unspecified atom stereocenters. The molecule has 1 aliphatic heterocycles. The first-order chi connectivity index (χ1) is 6.25. The van der Waals surface area contributed by atoms with Gasteiger partial charge in [-0.05, 0) is 19.9 Å². The van der Waals surface area contributed by atoms with E-state index in [1.54, 1.807) is 0 Å². The zero-order valence-electron chi connectivity index (χ0n) is 8.54. The molecule has 0 aliphatic carbocycles. The van der Waals surface area contributed by atoms with Crippen molar-refractivity contribution in [1.29, 1.82) is 0 Å². The van der Waals surface area contributed by atoms with Crippen molar-refractivity contribution in [3.63, 3.8) is 0 Å². The van der Waals surface area contributed by atoms with E-state index in [2.05, 4.69) is 37.4 Å². The van der Waals surface area contributed by atoms with Crippen molar-refractivity contribution >= 4 is 12.4 Å². The van der Waals surface area contributed by atoms with E-state index in [4.69, 9.17) is 4.74 Å². The van der Waals surface area contributed by atoms with Crippen molar-refractivity contribution in [2.24, 2.45) is 0 Å². The summed E-state index contributed by atoms with van der Waals surface area (Å²) in [4.78, 5) is 0. The number of nitrogens with one attached hydrogen (secondary N) is 1. The predicted octanol–water partition coefficient (Wildman–Crippen LogP) is 2.29. The Morgan fingerprint density at radius 2 is 2.21 bits per heavy atom. The predicted molar refractivity (Wildman–Crippen MR) is 60.2 cm³/mol. The molecule has 0 bridgehead atoms. The molecule has 2 rings (SSSR count). The average Bonchev–Trinajstić information content (AvgIpc) is 2.25. The Labute approximate surface area is 91.1 Å². The molecule has 1 atom stereocenters. The average molecular weight is 214 g/mol. The van der Waals surface area contributed by atoms with Crippen LogP contribution in [0.25, 0.3) is 0 Å². The molecule has 1 heterocycles. The van der Waals surface area contributed by atoms with Crippen LogP contribution in [-0.2, 0) is 6.54 Å². The third kappa shape index (κ3) is 2.40. The third-order valence-electron chi connectivity index (χ3n) is 2.29. The lowest BCUT2D eigenvalue weighted by Crippen LogP contribution is -2.24. The summed E-state index contributed by atoms with van der Waals surface area (Å²) in [5.41, 5.74) is 2.56. The van der Waals surface area contributed by atoms with Crippen LogP contribution in [0.1, 0.15) is 18.1 Å². The first-order valence-corrected chi connectivity index (χ1v) is 4.72. The molecule has 1 aromatic carbocycles. The SMILES string of the molecule is Cc1ccc2c(c1)CNC[C@@H](C)O2.Cl. The van der Waals surface area contributed by atoms with E-state index in [0.29, 0.717) is 0 Å². The zero-order valence-corrected chi connectivity index (χ0v) is 9.36. The summed E-state index contributed by atoms with van der Waals surface area (Å²) in [7, 11) is 0. The lowest BCUT2D eigenvalue weighted by atomic mass is 10.1. The Hall–Kier alpha value is -0.730. The summed E-state index contributed by atoms with van der Waals surface area (Å²) in [6.45, 7) is 6.03. The highest BCUT2D eigenvalue weighted by molar-refractivity contribution is 5.85. The van der Waals surface area contributed by atoms with E-state index in [1.165, 1.54) is 11.1 Å². The summed E-state index contributed by atoms with van der Waals surface area (Å²) in [5, 5.41) is 3.36. The van der Waals surface area contributed by atoms with Gasteiger partial charge in [-0.2, -0.15) is 0 Å². The van der Waals surface area contributed by atoms with Gasteiger partial charge in [0.05, 0.1) is 0 Å². The minimum absolute atomic E-state index is 0. The summed E-state index contributed by atoms with van der Waals surface area (Å²) in [6, 6.07) is 6.34. The van der Waals surface area contributed by atoms with Crippen LogP contribution in [-0.4, -0.2) is 12.6 Å². The number of aryl methyl sites for hydroxylation is 1. The molecule has 1 aromatic rings. The summed E-state index contributed by atoms with van der Waals surface area (Å²) >= 11 is 0. The zero-order chi connectivity index (χ0) is 9.26. The highest BCUT2D eigenvalue weighted by Crippen LogP contribution is 2.22. The van der Waals surface area contributed by atoms with Crippen molar-refractivity contribution < 1.29 is 4.74 Å². The van der Waals surface area contributed by atoms with E-state index >= 15 is 0 Å². The minimum Gasteiger partial charge on any atom is -0.489 e. The van der Waals surface area contributed by atoms with E-state index < -0.39 is 0 Å². The highest BCUT2D eigenvalue weighted by atomic mass is 35.5. The van der Waals surface area contributed by atoms with Gasteiger partial charge in [0.2, 0.25) is 0 Å². The monoisotopic (exact) mass is 213 g/mol. The molecule has 2 nitrogen and oxygen atoms in total. The Bertz CT molecular complexity index is 314. The Balaban J connectivity index is 0.000000980. The minimum atomic E-state index is 0. The van der Waals surface area contributed by atoms with Crippen molar-refractivity contribution in [3.05, 3.63) is 29.3 Å². The first-order valence-electron chi connectivity index (χ1n) is 4.72. The van der Waals surface area contributed by atoms with Crippen LogP contribution in [0.4, 0.5) is 0 Å². The molecule has 1 aliphatic rings. The standard InChI is InChI=1S/C11H15NO.ClH/c1-8-3-4-11-10(5-8)7-12-6-9(2)13-11;/h3-5,9,12H,6-7H2,1-2H3;1H/t9-;/m1./s1. The number of benzene rings is 1. The van der Waals surface area contributed by atoms with Gasteiger partial charge in [-0.1, -0.05) is 17.7 Å². The molecule has 3 heteroatoms. The van der Waals surface area contributed by atoms with Gasteiger partial charge in [-0.3, -0.25) is 0 Å². The number of rotatable bonds is 0. The summed E-state index contributed by atoms with van der Waals surface area (Å²) in [6.07, 6.45) is 0.268. The number of halogens is 1. The van der Waals surface area contributed by atoms with Crippen LogP contribution < -0.4 is 10.1 Å². The normalized spacial score (nSPS) is 20.0. The number of hydrogen-bond acceptors (Lipinski definition) is 2. The van der Waals surface area contributed by atoms with Gasteiger partial charge in [-0.25, -0.2) is 0 Å². The third-order valence-corrected chi connectivity index (χ3v) is 2.29. The number of hydrogen-bond donors (Lipinski definition) is 1. The van der Waals surface area contributed by atoms with Gasteiger partial charge < -0.3 is 10.1 Å². The van der Waals surface area contributed by atoms with Gasteiger partial charge in [0, 0.05) is 18.7 Å². The summed E-state index contributed by atoms with van der Waals surface area (Å²) in [5.74, 6) is 1.03. The van der Waals surface area contributed by atoms with Gasteiger partial charge >= 0.3 is 0 Å². The largest absolute Gasteiger partial charge is 0.489 e. The van der Waals surface area contributed by atoms with E-state index in [1.807, 2.05) is 0 Å². The molecule has 0 saturated heterocycles. The van der Waals surface area contributed by atoms with Crippen molar-refractivity contribution in [2.45, 2.75) is 26.5 Å². The topological polar surface area (TPSA) is 21.3 Å². The van der Waals surface area contributed by atoms with Gasteiger partial charge in [0.15, 0.2) is 0 Å². The maximum Gasteiger partial charge on any atom is 0.124 e. The van der Waals surface area contributed by atoms with Gasteiger partial charge in [-0.15, -0.1) is 12.4 Å². The van der Waals surface area contributed by atoms with Crippen LogP contribution in [0.5, 0.6) is 5.75 Å². The van der Waals surface area contributed by atoms with Gasteiger partial charge in [0.1, 0.15) is 11.9 Å². The Morgan fingerprint density at radius 1 is 1.43 bits per heavy atom. The number of fused-ring (bicyclic) bond motifs is 1. The molecule has 0 aromatic heterocycles. The molecule has 14 heavy (non-hydrogen) atoms. The first kappa shape index (κ1) is 11.3. The molecular formula is C11H16ClNO. The maximum absolute atomic E-state index is 5.75. The highest BCUT2D eigenvalue weighted by Gasteiger charge is 2.12. The van der Waals surface area contributed by atoms with Crippen molar-refractivity contribution in [3.8, 4) is 5.75 Å². The van der Waals surface area contributed by atoms with Crippen molar-refractivity contribution in [2.75, 3.05) is 6.54 Å². The quantitative estimate of drug-likeness (QED) is 0.714. The van der Waals surface area contributed by atoms with Crippen LogP contribution in [0, 0.1) is 6.92 Å². The molecule has 1 N–H and O–H groups in total. The van der Waals surface area contributed by atoms with Crippen LogP contribution in [0.3, 0.4) is 0 Å². The fourth-order valence-electron chi connectivity index (χ4n) is 1.63. The smallest absolute Gasteiger partial charge is 0.124 e. The second-order valence-corrected chi connectivity index (χ2v) is 3.67. The molecule has 0 spiro atoms. The van der Waals surface area contributed by atoms with Crippen LogP contribution in [0.15, 0.2) is 18.2 Å². The molecule has 0 saturated carbocycles. The van der Waals surface area contributed by atoms with Crippen molar-refractivity contribution in [1.82, 2.24) is 5.32 Å². The fraction of sp³-hybridized carbons (Fsp3) is 0.455. The second kappa shape index (κ2) is 4.67. The maximum atomic E-state index is 5.75. The molecule has 0 amide bonds. The lowest BCUT2D eigenvalue weighted by molar-refractivity contribution is 0.226. The van der Waals surface area contributed by atoms with Crippen LogP contribution in [0.2, 0.25) is 0 Å². The molecule has 0 radical (unpaired) electrons. The fourth-order valence-corrected chi connectivity index (χ4v) is 1.63. The Kier molecular flexibility index (Phi) is 3.78. The second-order valence-electron chi connectivity index (χ2n) is 3.67. The molecular weight excluding hydrogens is 198 g/mol. The Morgan fingerprint density at radius 3 is 3.00 bits per heavy atom. The number of ether oxygens (including phenoxy) is 1. The van der Waals surface area contributed by atoms with E-state index in [0.717, 1.165) is 18.8 Å². The van der Waals surface area contributed by atoms with E-state index in [-0.39, 0.29) is 18.5 Å². The molecule has 0 fully saturated rings. The summed E-state index contributed by atoms with van der Waals surface area (Å²) < 4.78 is 5.75. The molecule has 78 valence electrons. The lowest BCUT2D eigenvalue weighted by Gasteiger charge is -2.11. The van der Waals surface area contributed by atoms with Crippen LogP contribution >= 0.6 is 12.4 Å². The van der Waals surface area contributed by atoms with E-state index in [9.17, 15) is 0 Å². The van der Waals surface area contributed by atoms with Gasteiger partial charge in [0.25, 0.3) is 0 Å².